The van der Waals surface area contributed by atoms with E-state index in [0.29, 0.717) is 5.69 Å². The van der Waals surface area contributed by atoms with Gasteiger partial charge in [0.25, 0.3) is 5.91 Å². The van der Waals surface area contributed by atoms with Crippen molar-refractivity contribution in [2.45, 2.75) is 0 Å². The van der Waals surface area contributed by atoms with Gasteiger partial charge in [0.2, 0.25) is 0 Å². The molecule has 24 heavy (non-hydrogen) atoms. The second-order valence-electron chi connectivity index (χ2n) is 4.70. The van der Waals surface area contributed by atoms with Crippen LogP contribution in [0.1, 0.15) is 21.0 Å². The number of pyridine rings is 1. The average molecular weight is 318 g/mol. The molecule has 0 radical (unpaired) electrons. The van der Waals surface area contributed by atoms with Gasteiger partial charge < -0.3 is 15.2 Å². The topological polar surface area (TPSA) is 129 Å². The Hall–Kier alpha value is -2.89. The Morgan fingerprint density at radius 1 is 1.33 bits per heavy atom. The number of carbonyl (C=O) groups is 2. The number of aromatic amines is 1. The van der Waals surface area contributed by atoms with Crippen LogP contribution in [0.25, 0.3) is 11.3 Å². The fraction of sp³-hybridized carbons (Fsp3) is 0.0714. The number of aromatic carboxylic acids is 1. The molecule has 3 aromatic heterocycles. The van der Waals surface area contributed by atoms with Gasteiger partial charge in [-0.25, -0.2) is 4.98 Å². The minimum Gasteiger partial charge on any atom is -0.543 e. The SMILES string of the molecule is Cn1cc(NC(=O)c2cccc(-c3cn[nH]c3)n2)c(C(=O)[O-])n1.[Li+]. The first-order valence-electron chi connectivity index (χ1n) is 6.57. The molecule has 3 aromatic rings. The minimum atomic E-state index is -1.47. The first kappa shape index (κ1) is 17.5. The van der Waals surface area contributed by atoms with Gasteiger partial charge in [0.05, 0.1) is 23.5 Å². The van der Waals surface area contributed by atoms with Crippen molar-refractivity contribution in [2.75, 3.05) is 5.32 Å². The van der Waals surface area contributed by atoms with Crippen molar-refractivity contribution in [3.05, 3.63) is 48.2 Å². The molecule has 0 saturated carbocycles. The van der Waals surface area contributed by atoms with Gasteiger partial charge in [-0.3, -0.25) is 14.6 Å². The number of carbonyl (C=O) groups excluding carboxylic acids is 2. The van der Waals surface area contributed by atoms with Crippen LogP contribution in [0, 0.1) is 0 Å². The van der Waals surface area contributed by atoms with Crippen molar-refractivity contribution in [1.29, 1.82) is 0 Å². The number of nitrogens with one attached hydrogen (secondary N) is 2. The van der Waals surface area contributed by atoms with Crippen molar-refractivity contribution < 1.29 is 33.6 Å². The number of hydrogen-bond donors (Lipinski definition) is 2. The number of H-pyrrole nitrogens is 1. The normalized spacial score (nSPS) is 10.0. The largest absolute Gasteiger partial charge is 1.00 e. The summed E-state index contributed by atoms with van der Waals surface area (Å²) < 4.78 is 1.27. The minimum absolute atomic E-state index is 0. The van der Waals surface area contributed by atoms with Gasteiger partial charge in [-0.1, -0.05) is 6.07 Å². The summed E-state index contributed by atoms with van der Waals surface area (Å²) in [5.74, 6) is -2.02. The molecule has 0 aliphatic carbocycles. The standard InChI is InChI=1S/C14H12N6O3.Li/c1-20-7-11(12(19-20)14(22)23)18-13(21)10-4-2-3-9(17-10)8-5-15-16-6-8;/h2-7H,1H3,(H,15,16)(H,18,21)(H,22,23);/q;+1/p-1. The van der Waals surface area contributed by atoms with Gasteiger partial charge in [0.1, 0.15) is 11.4 Å². The summed E-state index contributed by atoms with van der Waals surface area (Å²) in [6.07, 6.45) is 4.61. The molecular weight excluding hydrogens is 307 g/mol. The third-order valence-electron chi connectivity index (χ3n) is 3.05. The monoisotopic (exact) mass is 318 g/mol. The van der Waals surface area contributed by atoms with E-state index in [4.69, 9.17) is 0 Å². The number of anilines is 1. The van der Waals surface area contributed by atoms with E-state index in [1.807, 2.05) is 0 Å². The molecule has 0 atom stereocenters. The summed E-state index contributed by atoms with van der Waals surface area (Å²) in [5, 5.41) is 23.7. The van der Waals surface area contributed by atoms with E-state index in [1.54, 1.807) is 31.6 Å². The molecule has 0 aromatic carbocycles. The van der Waals surface area contributed by atoms with Crippen LogP contribution in [0.15, 0.2) is 36.8 Å². The van der Waals surface area contributed by atoms with Gasteiger partial charge in [-0.05, 0) is 12.1 Å². The summed E-state index contributed by atoms with van der Waals surface area (Å²) in [6, 6.07) is 4.93. The Morgan fingerprint density at radius 2 is 2.12 bits per heavy atom. The first-order chi connectivity index (χ1) is 11.0. The molecule has 116 valence electrons. The van der Waals surface area contributed by atoms with Crippen molar-refractivity contribution in [3.8, 4) is 11.3 Å². The summed E-state index contributed by atoms with van der Waals surface area (Å²) in [5.41, 5.74) is 1.14. The number of carboxylic acids is 1. The molecule has 0 aliphatic heterocycles. The molecule has 0 saturated heterocycles. The van der Waals surface area contributed by atoms with Crippen LogP contribution >= 0.6 is 0 Å². The summed E-state index contributed by atoms with van der Waals surface area (Å²) >= 11 is 0. The molecule has 10 heteroatoms. The van der Waals surface area contributed by atoms with E-state index in [9.17, 15) is 14.7 Å². The fourth-order valence-electron chi connectivity index (χ4n) is 2.03. The molecule has 2 N–H and O–H groups in total. The third-order valence-corrected chi connectivity index (χ3v) is 3.05. The van der Waals surface area contributed by atoms with Crippen LogP contribution in [-0.4, -0.2) is 36.8 Å². The van der Waals surface area contributed by atoms with Crippen LogP contribution in [0.2, 0.25) is 0 Å². The quantitative estimate of drug-likeness (QED) is 0.488. The average Bonchev–Trinajstić information content (AvgIpc) is 3.17. The molecule has 0 unspecified atom stereocenters. The van der Waals surface area contributed by atoms with Crippen LogP contribution in [0.3, 0.4) is 0 Å². The van der Waals surface area contributed by atoms with E-state index in [1.165, 1.54) is 16.9 Å². The Bertz CT molecular complexity index is 875. The van der Waals surface area contributed by atoms with Crippen molar-refractivity contribution >= 4 is 17.6 Å². The first-order valence-corrected chi connectivity index (χ1v) is 6.57. The number of rotatable bonds is 4. The van der Waals surface area contributed by atoms with Gasteiger partial charge in [-0.2, -0.15) is 10.2 Å². The number of nitrogens with zero attached hydrogens (tertiary/aromatic N) is 4. The van der Waals surface area contributed by atoms with Crippen LogP contribution < -0.4 is 29.3 Å². The predicted molar refractivity (Wildman–Crippen MR) is 77.3 cm³/mol. The zero-order chi connectivity index (χ0) is 16.4. The molecular formula is C14H11LiN6O3. The van der Waals surface area contributed by atoms with Crippen molar-refractivity contribution in [3.63, 3.8) is 0 Å². The smallest absolute Gasteiger partial charge is 0.543 e. The Balaban J connectivity index is 0.00000208. The van der Waals surface area contributed by atoms with E-state index in [-0.39, 0.29) is 35.9 Å². The Morgan fingerprint density at radius 3 is 2.79 bits per heavy atom. The van der Waals surface area contributed by atoms with E-state index >= 15 is 0 Å². The fourth-order valence-corrected chi connectivity index (χ4v) is 2.03. The molecule has 3 rings (SSSR count). The molecule has 3 heterocycles. The molecule has 0 aliphatic rings. The zero-order valence-electron chi connectivity index (χ0n) is 13.0. The number of carboxylic acid groups (broad SMARTS) is 1. The second kappa shape index (κ2) is 7.12. The molecule has 1 amide bonds. The van der Waals surface area contributed by atoms with E-state index in [0.717, 1.165) is 5.56 Å². The summed E-state index contributed by atoms with van der Waals surface area (Å²) in [6.45, 7) is 0. The predicted octanol–water partition coefficient (Wildman–Crippen LogP) is -3.17. The third kappa shape index (κ3) is 3.53. The van der Waals surface area contributed by atoms with Gasteiger partial charge in [-0.15, -0.1) is 0 Å². The zero-order valence-corrected chi connectivity index (χ0v) is 13.0. The van der Waals surface area contributed by atoms with Crippen LogP contribution in [-0.2, 0) is 7.05 Å². The number of aromatic nitrogens is 5. The number of aryl methyl sites for hydroxylation is 1. The van der Waals surface area contributed by atoms with Crippen molar-refractivity contribution in [1.82, 2.24) is 25.0 Å². The molecule has 0 bridgehead atoms. The van der Waals surface area contributed by atoms with Gasteiger partial charge in [0, 0.05) is 25.0 Å². The van der Waals surface area contributed by atoms with E-state index < -0.39 is 11.9 Å². The maximum absolute atomic E-state index is 12.3. The van der Waals surface area contributed by atoms with E-state index in [2.05, 4.69) is 25.6 Å². The molecule has 0 fully saturated rings. The molecule has 9 nitrogen and oxygen atoms in total. The summed E-state index contributed by atoms with van der Waals surface area (Å²) in [7, 11) is 1.54. The van der Waals surface area contributed by atoms with Crippen molar-refractivity contribution in [2.24, 2.45) is 7.05 Å². The Kier molecular flexibility index (Phi) is 5.18. The second-order valence-corrected chi connectivity index (χ2v) is 4.70. The number of hydrogen-bond acceptors (Lipinski definition) is 6. The molecule has 0 spiro atoms. The van der Waals surface area contributed by atoms with Crippen LogP contribution in [0.4, 0.5) is 5.69 Å². The summed E-state index contributed by atoms with van der Waals surface area (Å²) in [4.78, 5) is 27.5. The van der Waals surface area contributed by atoms with Gasteiger partial charge >= 0.3 is 18.9 Å². The van der Waals surface area contributed by atoms with Crippen LogP contribution in [0.5, 0.6) is 0 Å². The maximum atomic E-state index is 12.3. The number of amides is 1. The maximum Gasteiger partial charge on any atom is 1.00 e. The van der Waals surface area contributed by atoms with Gasteiger partial charge in [0.15, 0.2) is 0 Å². The Labute approximate surface area is 148 Å².